The standard InChI is InChI=1S/C30H27NO.C12H11NO2.C10H13NO2.C9H9F3O.C9H7F3O.C9H12N2O2.C8H8O.8C2H6.CH2Cl2/c1-3-23-29(2,32)27-21-13-14-22-28(27)31-30(24-15-7-4-8-16-24,25-17-9-5-10-18-25)26-19-11-6-12-20-26;1-3-8-12(2)9-6-4-5-7-10(9)13-11(14)15-12;1-8-6-4-5-7-9(8)10(12)11(2)13-3;2*1-6-4-2-3-5-7(6)8(13)9(10,11)12;1-11(13-2)9(12)7-5-3-4-6-8(7)10;1-7-4-2-3-5-8(7)6-9;8*1-2;2-1-3/h4-22,31-32H,1-2H3;4-7H,1-2H3,(H,13,14);4-7H,1-3H3;2-5,8,13H,1H3;2-5H,1H3;3-6H,10H2,1-2H3;2-6H,1H3;8*1-2H3;1H2. The van der Waals surface area contributed by atoms with Crippen molar-refractivity contribution in [2.75, 3.05) is 50.0 Å². The summed E-state index contributed by atoms with van der Waals surface area (Å²) in [7, 11) is 6.02. The van der Waals surface area contributed by atoms with Crippen LogP contribution in [0.15, 0.2) is 261 Å². The second-order valence-corrected chi connectivity index (χ2v) is 25.1. The van der Waals surface area contributed by atoms with E-state index in [1.807, 2.05) is 234 Å². The topological polar surface area (TPSA) is 210 Å². The summed E-state index contributed by atoms with van der Waals surface area (Å²) in [6.45, 7) is 45.8. The fraction of sp³-hybridized carbons (Fsp3) is 0.337. The first kappa shape index (κ1) is 124. The van der Waals surface area contributed by atoms with Crippen molar-refractivity contribution in [1.29, 1.82) is 0 Å². The summed E-state index contributed by atoms with van der Waals surface area (Å²) in [5.41, 5.74) is 14.1. The van der Waals surface area contributed by atoms with Crippen molar-refractivity contribution in [2.24, 2.45) is 0 Å². The molecule has 127 heavy (non-hydrogen) atoms. The number of para-hydroxylation sites is 3. The van der Waals surface area contributed by atoms with E-state index in [0.29, 0.717) is 27.9 Å². The molecular weight excluding hydrogens is 1660 g/mol. The number of Topliss-reactive ketones (excluding diaryl/α,β-unsaturated/α-hetero) is 1. The van der Waals surface area contributed by atoms with Crippen LogP contribution >= 0.6 is 23.2 Å². The number of cyclic esters (lactones) is 1. The van der Waals surface area contributed by atoms with Crippen molar-refractivity contribution in [3.63, 3.8) is 0 Å². The number of halogens is 8. The number of aliphatic hydroxyl groups excluding tert-OH is 1. The van der Waals surface area contributed by atoms with E-state index >= 15 is 0 Å². The number of benzene rings is 10. The number of nitrogens with two attached hydrogens (primary N) is 1. The highest BCUT2D eigenvalue weighted by molar-refractivity contribution is 6.40. The van der Waals surface area contributed by atoms with Gasteiger partial charge >= 0.3 is 18.4 Å². The molecule has 694 valence electrons. The highest BCUT2D eigenvalue weighted by Crippen LogP contribution is 2.43. The fourth-order valence-electron chi connectivity index (χ4n) is 10.8. The third-order valence-corrected chi connectivity index (χ3v) is 16.5. The SMILES string of the molecule is CC.CC.CC.CC.CC.CC.CC.CC.CC#CC(C)(O)c1ccccc1NC(c1ccccc1)(c1ccccc1)c1ccccc1.CC#CC1(C)OC(=O)Nc2ccccc21.CON(C)C(=O)c1ccccc1C.CON(C)C(=O)c1ccccc1N.Cc1ccccc1C(=O)C(F)(F)F.Cc1ccccc1C(O)C(F)(F)F.Cc1ccccc1C=O.ClCCl. The second kappa shape index (κ2) is 70.6. The van der Waals surface area contributed by atoms with Crippen LogP contribution in [0.1, 0.15) is 242 Å². The third kappa shape index (κ3) is 43.0. The monoisotopic (exact) mass is 1800 g/mol. The Balaban J connectivity index is -0.000000457. The predicted octanol–water partition coefficient (Wildman–Crippen LogP) is 28.1. The number of alkyl halides is 8. The summed E-state index contributed by atoms with van der Waals surface area (Å²) in [5, 5.41) is 29.1. The van der Waals surface area contributed by atoms with E-state index in [1.165, 1.54) is 76.6 Å². The number of aldehydes is 1. The van der Waals surface area contributed by atoms with Crippen molar-refractivity contribution in [1.82, 2.24) is 10.1 Å². The molecule has 0 aromatic heterocycles. The fourth-order valence-corrected chi connectivity index (χ4v) is 10.8. The van der Waals surface area contributed by atoms with E-state index in [9.17, 15) is 55.4 Å². The van der Waals surface area contributed by atoms with Gasteiger partial charge in [0.1, 0.15) is 17.4 Å². The number of ketones is 1. The first-order valence-electron chi connectivity index (χ1n) is 42.1. The number of carbonyl (C=O) groups is 5. The molecule has 0 fully saturated rings. The Kier molecular flexibility index (Phi) is 68.9. The molecule has 11 rings (SSSR count). The Hall–Kier alpha value is -11.5. The minimum Gasteiger partial charge on any atom is -0.425 e. The molecule has 3 amide bonds. The van der Waals surface area contributed by atoms with E-state index in [1.54, 1.807) is 77.2 Å². The number of anilines is 3. The average molecular weight is 1800 g/mol. The molecule has 0 bridgehead atoms. The molecule has 1 aliphatic heterocycles. The van der Waals surface area contributed by atoms with Gasteiger partial charge in [0.2, 0.25) is 0 Å². The minimum atomic E-state index is -4.79. The minimum absolute atomic E-state index is 0.0880. The van der Waals surface area contributed by atoms with Crippen LogP contribution in [-0.4, -0.2) is 96.3 Å². The van der Waals surface area contributed by atoms with Crippen LogP contribution in [0.5, 0.6) is 0 Å². The lowest BCUT2D eigenvalue weighted by Gasteiger charge is -2.39. The highest BCUT2D eigenvalue weighted by atomic mass is 35.5. The smallest absolute Gasteiger partial charge is 0.425 e. The first-order chi connectivity index (χ1) is 60.7. The summed E-state index contributed by atoms with van der Waals surface area (Å²) >= 11 is 9.53. The van der Waals surface area contributed by atoms with Crippen LogP contribution in [-0.2, 0) is 31.2 Å². The highest BCUT2D eigenvalue weighted by Gasteiger charge is 2.42. The van der Waals surface area contributed by atoms with Crippen molar-refractivity contribution in [3.05, 3.63) is 339 Å². The van der Waals surface area contributed by atoms with Gasteiger partial charge in [0.25, 0.3) is 17.6 Å². The summed E-state index contributed by atoms with van der Waals surface area (Å²) in [6, 6.07) is 79.9. The van der Waals surface area contributed by atoms with Crippen LogP contribution in [0, 0.1) is 51.4 Å². The molecule has 0 radical (unpaired) electrons. The van der Waals surface area contributed by atoms with Gasteiger partial charge < -0.3 is 26.0 Å². The number of amides is 3. The largest absolute Gasteiger partial charge is 0.454 e. The quantitative estimate of drug-likeness (QED) is 0.0107. The number of rotatable bonds is 13. The lowest BCUT2D eigenvalue weighted by Crippen LogP contribution is -2.39. The molecule has 0 aliphatic carbocycles. The molecule has 15 nitrogen and oxygen atoms in total. The number of hydrogen-bond donors (Lipinski definition) is 5. The van der Waals surface area contributed by atoms with Gasteiger partial charge in [-0.05, 0) is 130 Å². The van der Waals surface area contributed by atoms with Gasteiger partial charge in [0.15, 0.2) is 11.7 Å². The van der Waals surface area contributed by atoms with E-state index in [4.69, 9.17) is 48.5 Å². The predicted molar refractivity (Wildman–Crippen MR) is 518 cm³/mol. The van der Waals surface area contributed by atoms with Gasteiger partial charge in [0, 0.05) is 53.3 Å². The maximum Gasteiger partial charge on any atom is 0.454 e. The molecule has 1 aliphatic rings. The number of aryl methyl sites for hydroxylation is 4. The average Bonchev–Trinajstić information content (AvgIpc) is 0.733. The van der Waals surface area contributed by atoms with Crippen molar-refractivity contribution in [2.45, 2.75) is 201 Å². The van der Waals surface area contributed by atoms with Crippen molar-refractivity contribution < 1.29 is 74.9 Å². The molecule has 10 aromatic carbocycles. The Morgan fingerprint density at radius 1 is 0.520 bits per heavy atom. The van der Waals surface area contributed by atoms with Crippen LogP contribution in [0.3, 0.4) is 0 Å². The van der Waals surface area contributed by atoms with E-state index in [0.717, 1.165) is 67.2 Å². The van der Waals surface area contributed by atoms with Gasteiger partial charge in [-0.2, -0.15) is 26.3 Å². The van der Waals surface area contributed by atoms with Crippen LogP contribution in [0.4, 0.5) is 48.2 Å². The number of carbonyl (C=O) groups excluding carboxylic acids is 5. The molecule has 6 N–H and O–H groups in total. The number of nitrogen functional groups attached to an aromatic ring is 1. The second-order valence-electron chi connectivity index (χ2n) is 24.3. The third-order valence-electron chi connectivity index (χ3n) is 16.5. The zero-order chi connectivity index (χ0) is 98.5. The Bertz CT molecular complexity index is 4610. The molecule has 1 heterocycles. The number of aliphatic hydroxyl groups is 2. The molecule has 0 spiro atoms. The van der Waals surface area contributed by atoms with Crippen LogP contribution in [0.2, 0.25) is 0 Å². The zero-order valence-corrected chi connectivity index (χ0v) is 80.9. The number of nitrogens with zero attached hydrogens (tertiary/aromatic N) is 2. The Morgan fingerprint density at radius 3 is 1.25 bits per heavy atom. The summed E-state index contributed by atoms with van der Waals surface area (Å²) < 4.78 is 77.3. The van der Waals surface area contributed by atoms with E-state index < -0.39 is 47.1 Å². The normalized spacial score (nSPS) is 11.7. The van der Waals surface area contributed by atoms with Gasteiger partial charge in [-0.3, -0.25) is 34.2 Å². The van der Waals surface area contributed by atoms with Crippen LogP contribution in [0.25, 0.3) is 0 Å². The van der Waals surface area contributed by atoms with Crippen LogP contribution < -0.4 is 16.4 Å². The number of nitrogens with one attached hydrogen (secondary N) is 2. The molecular formula is C104H137Cl2F6N5O10. The number of hydrogen-bond acceptors (Lipinski definition) is 12. The summed E-state index contributed by atoms with van der Waals surface area (Å²) in [4.78, 5) is 65.0. The molecule has 10 aromatic rings. The van der Waals surface area contributed by atoms with Gasteiger partial charge in [-0.1, -0.05) is 353 Å². The van der Waals surface area contributed by atoms with Crippen molar-refractivity contribution in [3.8, 4) is 23.7 Å². The lowest BCUT2D eigenvalue weighted by atomic mass is 9.76. The summed E-state index contributed by atoms with van der Waals surface area (Å²) in [5.74, 6) is 9.35. The molecule has 0 saturated carbocycles. The molecule has 3 unspecified atom stereocenters. The Labute approximate surface area is 764 Å². The van der Waals surface area contributed by atoms with Gasteiger partial charge in [-0.15, -0.1) is 35.0 Å². The van der Waals surface area contributed by atoms with E-state index in [-0.39, 0.29) is 28.3 Å². The molecule has 0 saturated heterocycles. The first-order valence-corrected chi connectivity index (χ1v) is 43.1. The lowest BCUT2D eigenvalue weighted by molar-refractivity contribution is -0.207. The van der Waals surface area contributed by atoms with Crippen molar-refractivity contribution >= 4 is 70.2 Å². The molecule has 23 heteroatoms. The number of hydroxylamine groups is 4. The molecule has 3 atom stereocenters. The van der Waals surface area contributed by atoms with E-state index in [2.05, 4.69) is 107 Å². The van der Waals surface area contributed by atoms with Gasteiger partial charge in [0.05, 0.1) is 30.8 Å². The zero-order valence-electron chi connectivity index (χ0n) is 79.3. The maximum atomic E-state index is 12.1. The number of fused-ring (bicyclic) bond motifs is 1. The summed E-state index contributed by atoms with van der Waals surface area (Å²) in [6.07, 6.45) is -11.3. The maximum absolute atomic E-state index is 12.1. The van der Waals surface area contributed by atoms with Gasteiger partial charge in [-0.25, -0.2) is 14.9 Å². The number of ether oxygens (including phenoxy) is 1. The Morgan fingerprint density at radius 2 is 0.874 bits per heavy atom.